The smallest absolute Gasteiger partial charge is 0.205 e. The lowest BCUT2D eigenvalue weighted by molar-refractivity contribution is 0.143. The maximum atomic E-state index is 5.27. The number of hydrogen-bond acceptors (Lipinski definition) is 5. The minimum Gasteiger partial charge on any atom is -0.384 e. The number of nitrogens with zero attached hydrogens (tertiary/aromatic N) is 3. The number of aromatic nitrogens is 2. The molecule has 0 bridgehead atoms. The molecule has 1 fully saturated rings. The zero-order valence-electron chi connectivity index (χ0n) is 11.8. The summed E-state index contributed by atoms with van der Waals surface area (Å²) in [5.74, 6) is 1.59. The Labute approximate surface area is 114 Å². The van der Waals surface area contributed by atoms with E-state index in [2.05, 4.69) is 30.0 Å². The van der Waals surface area contributed by atoms with Crippen molar-refractivity contribution in [2.75, 3.05) is 31.7 Å². The molecule has 1 aromatic heterocycles. The van der Waals surface area contributed by atoms with Gasteiger partial charge in [0.15, 0.2) is 0 Å². The summed E-state index contributed by atoms with van der Waals surface area (Å²) < 4.78 is 9.76. The van der Waals surface area contributed by atoms with Gasteiger partial charge >= 0.3 is 0 Å². The van der Waals surface area contributed by atoms with Gasteiger partial charge in [-0.1, -0.05) is 20.8 Å². The lowest BCUT2D eigenvalue weighted by atomic mass is 9.96. The van der Waals surface area contributed by atoms with E-state index in [-0.39, 0.29) is 5.41 Å². The summed E-state index contributed by atoms with van der Waals surface area (Å²) in [5.41, 5.74) is 0.0382. The van der Waals surface area contributed by atoms with Gasteiger partial charge in [0, 0.05) is 37.1 Å². The summed E-state index contributed by atoms with van der Waals surface area (Å²) in [4.78, 5) is 7.05. The molecule has 1 aliphatic heterocycles. The second-order valence-corrected chi connectivity index (χ2v) is 6.79. The van der Waals surface area contributed by atoms with E-state index in [9.17, 15) is 0 Å². The highest BCUT2D eigenvalue weighted by atomic mass is 32.1. The molecule has 2 rings (SSSR count). The minimum absolute atomic E-state index is 0.0382. The molecule has 0 spiro atoms. The molecule has 102 valence electrons. The van der Waals surface area contributed by atoms with Gasteiger partial charge in [0.05, 0.1) is 6.61 Å². The quantitative estimate of drug-likeness (QED) is 0.845. The van der Waals surface area contributed by atoms with Crippen LogP contribution in [-0.2, 0) is 10.2 Å². The predicted molar refractivity (Wildman–Crippen MR) is 75.4 cm³/mol. The van der Waals surface area contributed by atoms with Gasteiger partial charge in [-0.15, -0.1) is 0 Å². The lowest BCUT2D eigenvalue weighted by Gasteiger charge is -2.31. The van der Waals surface area contributed by atoms with E-state index in [1.165, 1.54) is 24.4 Å². The van der Waals surface area contributed by atoms with Gasteiger partial charge in [0.1, 0.15) is 5.82 Å². The first-order valence-electron chi connectivity index (χ1n) is 6.59. The van der Waals surface area contributed by atoms with E-state index >= 15 is 0 Å². The van der Waals surface area contributed by atoms with Crippen molar-refractivity contribution in [3.05, 3.63) is 5.82 Å². The zero-order chi connectivity index (χ0) is 13.2. The lowest BCUT2D eigenvalue weighted by Crippen LogP contribution is -2.37. The van der Waals surface area contributed by atoms with Crippen LogP contribution in [0, 0.1) is 5.92 Å². The number of ether oxygens (including phenoxy) is 1. The van der Waals surface area contributed by atoms with Crippen molar-refractivity contribution in [3.63, 3.8) is 0 Å². The van der Waals surface area contributed by atoms with Crippen molar-refractivity contribution in [1.29, 1.82) is 0 Å². The highest BCUT2D eigenvalue weighted by Gasteiger charge is 2.25. The van der Waals surface area contributed by atoms with Crippen LogP contribution in [-0.4, -0.2) is 36.2 Å². The molecule has 2 heterocycles. The SMILES string of the molecule is COCC1CCCN(c2nc(C(C)(C)C)ns2)C1. The number of rotatable bonds is 3. The molecule has 0 radical (unpaired) electrons. The molecule has 1 unspecified atom stereocenters. The second kappa shape index (κ2) is 5.53. The van der Waals surface area contributed by atoms with Gasteiger partial charge in [-0.3, -0.25) is 0 Å². The molecule has 0 saturated carbocycles. The average molecular weight is 269 g/mol. The van der Waals surface area contributed by atoms with Crippen LogP contribution in [0.4, 0.5) is 5.13 Å². The predicted octanol–water partition coefficient (Wildman–Crippen LogP) is 2.70. The van der Waals surface area contributed by atoms with Gasteiger partial charge in [0.2, 0.25) is 5.13 Å². The standard InChI is InChI=1S/C13H23N3OS/c1-13(2,3)11-14-12(18-15-11)16-7-5-6-10(8-16)9-17-4/h10H,5-9H2,1-4H3. The monoisotopic (exact) mass is 269 g/mol. The Morgan fingerprint density at radius 2 is 2.22 bits per heavy atom. The summed E-state index contributed by atoms with van der Waals surface area (Å²) in [6, 6.07) is 0. The van der Waals surface area contributed by atoms with Crippen LogP contribution in [0.15, 0.2) is 0 Å². The summed E-state index contributed by atoms with van der Waals surface area (Å²) in [5, 5.41) is 1.07. The summed E-state index contributed by atoms with van der Waals surface area (Å²) >= 11 is 1.53. The Morgan fingerprint density at radius 1 is 1.44 bits per heavy atom. The third-order valence-electron chi connectivity index (χ3n) is 3.28. The van der Waals surface area contributed by atoms with E-state index < -0.39 is 0 Å². The first-order chi connectivity index (χ1) is 8.50. The van der Waals surface area contributed by atoms with E-state index in [4.69, 9.17) is 9.72 Å². The molecule has 0 aromatic carbocycles. The second-order valence-electron chi connectivity index (χ2n) is 6.06. The molecule has 1 aliphatic rings. The minimum atomic E-state index is 0.0382. The Hall–Kier alpha value is -0.680. The average Bonchev–Trinajstić information content (AvgIpc) is 2.78. The Morgan fingerprint density at radius 3 is 2.83 bits per heavy atom. The van der Waals surface area contributed by atoms with Crippen LogP contribution in [0.2, 0.25) is 0 Å². The highest BCUT2D eigenvalue weighted by molar-refractivity contribution is 7.09. The van der Waals surface area contributed by atoms with Crippen molar-refractivity contribution in [2.24, 2.45) is 5.92 Å². The fourth-order valence-electron chi connectivity index (χ4n) is 2.26. The van der Waals surface area contributed by atoms with Crippen LogP contribution in [0.5, 0.6) is 0 Å². The van der Waals surface area contributed by atoms with Crippen LogP contribution in [0.3, 0.4) is 0 Å². The highest BCUT2D eigenvalue weighted by Crippen LogP contribution is 2.28. The van der Waals surface area contributed by atoms with Gasteiger partial charge in [-0.25, -0.2) is 4.98 Å². The summed E-state index contributed by atoms with van der Waals surface area (Å²) in [6.45, 7) is 9.46. The molecule has 1 saturated heterocycles. The maximum Gasteiger partial charge on any atom is 0.205 e. The fourth-order valence-corrected chi connectivity index (χ4v) is 3.15. The van der Waals surface area contributed by atoms with Crippen LogP contribution < -0.4 is 4.90 Å². The molecular weight excluding hydrogens is 246 g/mol. The molecule has 1 atom stereocenters. The van der Waals surface area contributed by atoms with E-state index in [1.54, 1.807) is 7.11 Å². The van der Waals surface area contributed by atoms with Crippen molar-refractivity contribution >= 4 is 16.7 Å². The third-order valence-corrected chi connectivity index (χ3v) is 4.06. The van der Waals surface area contributed by atoms with E-state index in [0.29, 0.717) is 5.92 Å². The normalized spacial score (nSPS) is 21.3. The Balaban J connectivity index is 2.05. The van der Waals surface area contributed by atoms with Crippen molar-refractivity contribution in [1.82, 2.24) is 9.36 Å². The van der Waals surface area contributed by atoms with Crippen molar-refractivity contribution < 1.29 is 4.74 Å². The Kier molecular flexibility index (Phi) is 4.22. The van der Waals surface area contributed by atoms with Crippen molar-refractivity contribution in [2.45, 2.75) is 39.0 Å². The van der Waals surface area contributed by atoms with Gasteiger partial charge < -0.3 is 9.64 Å². The number of anilines is 1. The number of hydrogen-bond donors (Lipinski definition) is 0. The first-order valence-corrected chi connectivity index (χ1v) is 7.36. The molecular formula is C13H23N3OS. The molecule has 0 amide bonds. The van der Waals surface area contributed by atoms with Crippen LogP contribution in [0.25, 0.3) is 0 Å². The third kappa shape index (κ3) is 3.20. The number of methoxy groups -OCH3 is 1. The van der Waals surface area contributed by atoms with Crippen LogP contribution in [0.1, 0.15) is 39.4 Å². The topological polar surface area (TPSA) is 38.2 Å². The maximum absolute atomic E-state index is 5.27. The molecule has 0 aliphatic carbocycles. The van der Waals surface area contributed by atoms with Crippen molar-refractivity contribution in [3.8, 4) is 0 Å². The summed E-state index contributed by atoms with van der Waals surface area (Å²) in [7, 11) is 1.78. The van der Waals surface area contributed by atoms with Gasteiger partial charge in [-0.05, 0) is 18.8 Å². The van der Waals surface area contributed by atoms with E-state index in [1.807, 2.05) is 0 Å². The molecule has 1 aromatic rings. The fraction of sp³-hybridized carbons (Fsp3) is 0.846. The Bertz CT molecular complexity index is 384. The number of piperidine rings is 1. The summed E-state index contributed by atoms with van der Waals surface area (Å²) in [6.07, 6.45) is 2.48. The molecule has 5 heteroatoms. The largest absolute Gasteiger partial charge is 0.384 e. The van der Waals surface area contributed by atoms with E-state index in [0.717, 1.165) is 30.7 Å². The molecule has 4 nitrogen and oxygen atoms in total. The molecule has 0 N–H and O–H groups in total. The zero-order valence-corrected chi connectivity index (χ0v) is 12.6. The van der Waals surface area contributed by atoms with Gasteiger partial charge in [-0.2, -0.15) is 4.37 Å². The molecule has 18 heavy (non-hydrogen) atoms. The van der Waals surface area contributed by atoms with Crippen LogP contribution >= 0.6 is 11.5 Å². The first kappa shape index (κ1) is 13.7. The van der Waals surface area contributed by atoms with Gasteiger partial charge in [0.25, 0.3) is 0 Å².